The van der Waals surface area contributed by atoms with E-state index < -0.39 is 8.07 Å². The molecule has 41 valence electrons. The third kappa shape index (κ3) is 97.6. The Morgan fingerprint density at radius 3 is 1.14 bits per heavy atom. The summed E-state index contributed by atoms with van der Waals surface area (Å²) in [4.78, 5) is 0. The van der Waals surface area contributed by atoms with Crippen molar-refractivity contribution in [1.29, 1.82) is 0 Å². The van der Waals surface area contributed by atoms with E-state index in [9.17, 15) is 12.6 Å². The topological polar surface area (TPSA) is 17.1 Å². The molecule has 1 nitrogen and oxygen atoms in total. The molecule has 7 heavy (non-hydrogen) atoms. The second-order valence-electron chi connectivity index (χ2n) is 0.399. The van der Waals surface area contributed by atoms with Crippen molar-refractivity contribution in [3.8, 4) is 0 Å². The van der Waals surface area contributed by atoms with Crippen molar-refractivity contribution in [1.82, 2.24) is 0 Å². The van der Waals surface area contributed by atoms with Crippen LogP contribution in [0.15, 0.2) is 0 Å². The van der Waals surface area contributed by atoms with Crippen molar-refractivity contribution < 1.29 is 34.2 Å². The van der Waals surface area contributed by atoms with Crippen molar-refractivity contribution in [3.63, 3.8) is 0 Å². The standard InChI is InChI=1S/F3OP.Fe.Na/c1-5(2,3)4;;. The zero-order valence-electron chi connectivity index (χ0n) is 3.34. The number of hydrogen-bond acceptors (Lipinski definition) is 1. The number of halogens is 3. The Morgan fingerprint density at radius 1 is 1.14 bits per heavy atom. The van der Waals surface area contributed by atoms with Gasteiger partial charge in [0.2, 0.25) is 0 Å². The molecule has 0 aromatic heterocycles. The van der Waals surface area contributed by atoms with Gasteiger partial charge in [-0.25, -0.2) is 4.57 Å². The molecule has 0 aliphatic heterocycles. The zero-order chi connectivity index (χ0) is 4.50. The Kier molecular flexibility index (Phi) is 12.8. The van der Waals surface area contributed by atoms with E-state index in [1.54, 1.807) is 0 Å². The van der Waals surface area contributed by atoms with Crippen LogP contribution in [0.3, 0.4) is 0 Å². The molecule has 0 heterocycles. The summed E-state index contributed by atoms with van der Waals surface area (Å²) < 4.78 is 37.9. The second-order valence-corrected chi connectivity index (χ2v) is 1.20. The van der Waals surface area contributed by atoms with E-state index in [4.69, 9.17) is 4.57 Å². The first-order valence-electron chi connectivity index (χ1n) is 0.690. The third-order valence-corrected chi connectivity index (χ3v) is 0. The minimum absolute atomic E-state index is 0. The second kappa shape index (κ2) is 5.67. The van der Waals surface area contributed by atoms with Crippen LogP contribution in [0.5, 0.6) is 0 Å². The number of hydrogen-bond donors (Lipinski definition) is 0. The molecule has 0 atom stereocenters. The van der Waals surface area contributed by atoms with Crippen LogP contribution in [0.1, 0.15) is 0 Å². The molecule has 0 saturated heterocycles. The molecule has 0 rings (SSSR count). The van der Waals surface area contributed by atoms with Crippen LogP contribution >= 0.6 is 8.07 Å². The normalized spacial score (nSPS) is 8.43. The van der Waals surface area contributed by atoms with Gasteiger partial charge in [0.15, 0.2) is 0 Å². The predicted molar refractivity (Wildman–Crippen MR) is 16.7 cm³/mol. The third-order valence-electron chi connectivity index (χ3n) is 0. The van der Waals surface area contributed by atoms with Crippen LogP contribution in [-0.2, 0) is 21.6 Å². The average Bonchev–Trinajstić information content (AvgIpc) is 0.722. The molecule has 0 fully saturated rings. The Hall–Kier alpha value is 1.54. The van der Waals surface area contributed by atoms with E-state index in [0.717, 1.165) is 0 Å². The average molecular weight is 183 g/mol. The molecule has 0 N–H and O–H groups in total. The van der Waals surface area contributed by atoms with Crippen LogP contribution in [0.2, 0.25) is 0 Å². The summed E-state index contributed by atoms with van der Waals surface area (Å²) in [6.07, 6.45) is 0. The summed E-state index contributed by atoms with van der Waals surface area (Å²) in [6, 6.07) is 0. The van der Waals surface area contributed by atoms with Gasteiger partial charge in [0.25, 0.3) is 0 Å². The fourth-order valence-electron chi connectivity index (χ4n) is 0. The van der Waals surface area contributed by atoms with Gasteiger partial charge >= 0.3 is 8.07 Å². The summed E-state index contributed by atoms with van der Waals surface area (Å²) in [5, 5.41) is 0. The summed E-state index contributed by atoms with van der Waals surface area (Å²) in [5.74, 6) is 0. The maximum atomic E-state index is 9.91. The van der Waals surface area contributed by atoms with Gasteiger partial charge in [0.1, 0.15) is 0 Å². The molecule has 0 spiro atoms. The van der Waals surface area contributed by atoms with Gasteiger partial charge in [-0.05, 0) is 0 Å². The maximum absolute atomic E-state index is 9.91. The Balaban J connectivity index is -0.0000000800. The molecule has 0 aromatic carbocycles. The SMILES string of the molecule is O=P(F)(F)F.[Fe].[Na]. The summed E-state index contributed by atoms with van der Waals surface area (Å²) in [7, 11) is -6.14. The summed E-state index contributed by atoms with van der Waals surface area (Å²) in [6.45, 7) is 0. The van der Waals surface area contributed by atoms with Gasteiger partial charge < -0.3 is 0 Å². The van der Waals surface area contributed by atoms with Gasteiger partial charge in [-0.1, -0.05) is 0 Å². The molecule has 1 radical (unpaired) electrons. The van der Waals surface area contributed by atoms with E-state index in [1.165, 1.54) is 0 Å². The summed E-state index contributed by atoms with van der Waals surface area (Å²) >= 11 is 0. The van der Waals surface area contributed by atoms with Gasteiger partial charge in [-0.3, -0.25) is 0 Å². The van der Waals surface area contributed by atoms with Crippen LogP contribution in [0.4, 0.5) is 12.6 Å². The minimum atomic E-state index is -6.14. The fraction of sp³-hybridized carbons (Fsp3) is 0. The van der Waals surface area contributed by atoms with Gasteiger partial charge in [0, 0.05) is 46.6 Å². The Labute approximate surface area is 71.5 Å². The molecule has 0 amide bonds. The first-order valence-corrected chi connectivity index (χ1v) is 2.07. The van der Waals surface area contributed by atoms with Crippen molar-refractivity contribution in [2.45, 2.75) is 0 Å². The molecule has 0 aromatic rings. The van der Waals surface area contributed by atoms with E-state index in [2.05, 4.69) is 0 Å². The van der Waals surface area contributed by atoms with E-state index >= 15 is 0 Å². The molecular formula is F3FeNaOP. The van der Waals surface area contributed by atoms with Gasteiger partial charge in [-0.2, -0.15) is 0 Å². The fourth-order valence-corrected chi connectivity index (χ4v) is 0. The maximum Gasteiger partial charge on any atom is 0.591 e. The Morgan fingerprint density at radius 2 is 1.14 bits per heavy atom. The monoisotopic (exact) mass is 183 g/mol. The van der Waals surface area contributed by atoms with Crippen LogP contribution in [0.25, 0.3) is 0 Å². The van der Waals surface area contributed by atoms with Crippen molar-refractivity contribution in [2.75, 3.05) is 0 Å². The van der Waals surface area contributed by atoms with E-state index in [0.29, 0.717) is 0 Å². The van der Waals surface area contributed by atoms with E-state index in [-0.39, 0.29) is 46.6 Å². The van der Waals surface area contributed by atoms with Crippen LogP contribution in [-0.4, -0.2) is 29.6 Å². The molecule has 0 saturated carbocycles. The largest absolute Gasteiger partial charge is 0.591 e. The molecule has 0 aliphatic carbocycles. The first kappa shape index (κ1) is 15.8. The molecule has 0 unspecified atom stereocenters. The molecule has 7 heteroatoms. The molecular weight excluding hydrogens is 183 g/mol. The van der Waals surface area contributed by atoms with Crippen LogP contribution in [0, 0.1) is 0 Å². The summed E-state index contributed by atoms with van der Waals surface area (Å²) in [5.41, 5.74) is 0. The molecule has 0 bridgehead atoms. The molecule has 0 aliphatic rings. The minimum Gasteiger partial charge on any atom is -0.215 e. The van der Waals surface area contributed by atoms with Crippen molar-refractivity contribution >= 4 is 37.6 Å². The van der Waals surface area contributed by atoms with Gasteiger partial charge in [0.05, 0.1) is 0 Å². The first-order chi connectivity index (χ1) is 2.00. The van der Waals surface area contributed by atoms with Gasteiger partial charge in [-0.15, -0.1) is 12.6 Å². The van der Waals surface area contributed by atoms with Crippen molar-refractivity contribution in [3.05, 3.63) is 0 Å². The van der Waals surface area contributed by atoms with Crippen LogP contribution < -0.4 is 0 Å². The van der Waals surface area contributed by atoms with E-state index in [1.807, 2.05) is 0 Å². The van der Waals surface area contributed by atoms with Crippen molar-refractivity contribution in [2.24, 2.45) is 0 Å². The number of rotatable bonds is 0. The smallest absolute Gasteiger partial charge is 0.215 e. The quantitative estimate of drug-likeness (QED) is 0.411. The zero-order valence-corrected chi connectivity index (χ0v) is 7.34. The Bertz CT molecular complexity index is 61.1. The predicted octanol–water partition coefficient (Wildman–Crippen LogP) is 1.62.